The summed E-state index contributed by atoms with van der Waals surface area (Å²) in [6, 6.07) is 0. The van der Waals surface area contributed by atoms with Crippen LogP contribution >= 0.6 is 0 Å². The average molecular weight is 85.9 g/mol. The molecule has 0 saturated heterocycles. The minimum absolute atomic E-state index is 0. The van der Waals surface area contributed by atoms with E-state index in [-0.39, 0.29) is 6.61 Å². The summed E-state index contributed by atoms with van der Waals surface area (Å²) in [5.41, 5.74) is 0. The van der Waals surface area contributed by atoms with Crippen molar-refractivity contribution in [3.63, 3.8) is 0 Å². The van der Waals surface area contributed by atoms with Gasteiger partial charge in [0.1, 0.15) is 0 Å². The van der Waals surface area contributed by atoms with Crippen LogP contribution in [0.3, 0.4) is 0 Å². The third kappa shape index (κ3) is 59200. The van der Waals surface area contributed by atoms with E-state index in [1.807, 2.05) is 20.9 Å². The van der Waals surface area contributed by atoms with Crippen molar-refractivity contribution in [2.75, 3.05) is 6.61 Å². The molecule has 0 unspecified atom stereocenters. The van der Waals surface area contributed by atoms with Gasteiger partial charge in [0, 0.05) is 0 Å². The third-order valence-electron chi connectivity index (χ3n) is 0. The standard InChI is InChI=1S/C2H6B.C2H5O/c1-3-2;1-2-3/h1-2H3;2H2,1H3/q+1;-1. The first kappa shape index (κ1) is 9.39. The Bertz CT molecular complexity index is 9.51. The summed E-state index contributed by atoms with van der Waals surface area (Å²) in [6.45, 7) is 5.57. The van der Waals surface area contributed by atoms with Gasteiger partial charge in [-0.15, -0.1) is 6.61 Å². The Morgan fingerprint density at radius 1 is 1.50 bits per heavy atom. The van der Waals surface area contributed by atoms with E-state index in [1.54, 1.807) is 6.92 Å². The van der Waals surface area contributed by atoms with Gasteiger partial charge >= 0.3 is 20.9 Å². The Labute approximate surface area is 40.6 Å². The van der Waals surface area contributed by atoms with Gasteiger partial charge in [-0.3, -0.25) is 0 Å². The number of rotatable bonds is 0. The third-order valence-corrected chi connectivity index (χ3v) is 0. The first-order chi connectivity index (χ1) is 2.83. The van der Waals surface area contributed by atoms with Crippen molar-refractivity contribution < 1.29 is 5.11 Å². The van der Waals surface area contributed by atoms with Crippen molar-refractivity contribution >= 4 is 7.28 Å². The van der Waals surface area contributed by atoms with Crippen LogP contribution in [0, 0.1) is 0 Å². The van der Waals surface area contributed by atoms with Gasteiger partial charge in [0.05, 0.1) is 0 Å². The van der Waals surface area contributed by atoms with Gasteiger partial charge in [-0.2, -0.15) is 0 Å². The van der Waals surface area contributed by atoms with Crippen molar-refractivity contribution in [2.24, 2.45) is 0 Å². The van der Waals surface area contributed by atoms with Crippen LogP contribution in [0.4, 0.5) is 0 Å². The molecule has 0 N–H and O–H groups in total. The van der Waals surface area contributed by atoms with Crippen LogP contribution in [0.5, 0.6) is 0 Å². The number of hydrogen-bond donors (Lipinski definition) is 0. The maximum atomic E-state index is 8.93. The summed E-state index contributed by atoms with van der Waals surface area (Å²) in [4.78, 5) is 0. The SMILES string of the molecule is CC[O-].C[B+]C. The molecule has 1 nitrogen and oxygen atoms in total. The molecule has 0 fully saturated rings. The first-order valence-electron chi connectivity index (χ1n) is 2.15. The zero-order valence-corrected chi connectivity index (χ0v) is 4.69. The van der Waals surface area contributed by atoms with Crippen molar-refractivity contribution in [3.05, 3.63) is 0 Å². The van der Waals surface area contributed by atoms with E-state index in [0.717, 1.165) is 0 Å². The average Bonchev–Trinajstić information content (AvgIpc) is 1.39. The molecule has 6 heavy (non-hydrogen) atoms. The van der Waals surface area contributed by atoms with Crippen LogP contribution in [-0.2, 0) is 0 Å². The Morgan fingerprint density at radius 2 is 1.50 bits per heavy atom. The summed E-state index contributed by atoms with van der Waals surface area (Å²) in [5.74, 6) is 0. The van der Waals surface area contributed by atoms with E-state index < -0.39 is 0 Å². The van der Waals surface area contributed by atoms with Gasteiger partial charge < -0.3 is 5.11 Å². The van der Waals surface area contributed by atoms with E-state index >= 15 is 0 Å². The summed E-state index contributed by atoms with van der Waals surface area (Å²) in [5, 5.41) is 8.93. The van der Waals surface area contributed by atoms with Crippen molar-refractivity contribution in [1.29, 1.82) is 0 Å². The van der Waals surface area contributed by atoms with Gasteiger partial charge in [-0.05, 0) is 0 Å². The summed E-state index contributed by atoms with van der Waals surface area (Å²) in [6.07, 6.45) is 0. The Balaban J connectivity index is 0. The van der Waals surface area contributed by atoms with Crippen LogP contribution in [0.1, 0.15) is 6.92 Å². The molecule has 0 heterocycles. The molecule has 0 radical (unpaired) electrons. The molecule has 0 aromatic carbocycles. The second-order valence-corrected chi connectivity index (χ2v) is 0.866. The van der Waals surface area contributed by atoms with Crippen molar-refractivity contribution in [1.82, 2.24) is 0 Å². The van der Waals surface area contributed by atoms with Crippen LogP contribution in [0.15, 0.2) is 0 Å². The fourth-order valence-electron chi connectivity index (χ4n) is 0. The summed E-state index contributed by atoms with van der Waals surface area (Å²) in [7, 11) is 2.00. The molecule has 0 saturated carbocycles. The monoisotopic (exact) mass is 86.1 g/mol. The summed E-state index contributed by atoms with van der Waals surface area (Å²) >= 11 is 0. The van der Waals surface area contributed by atoms with Crippen LogP contribution in [0.2, 0.25) is 13.6 Å². The molecule has 0 aromatic rings. The molecule has 0 aliphatic heterocycles. The summed E-state index contributed by atoms with van der Waals surface area (Å²) < 4.78 is 0. The second-order valence-electron chi connectivity index (χ2n) is 0.866. The quantitative estimate of drug-likeness (QED) is 0.385. The van der Waals surface area contributed by atoms with E-state index in [9.17, 15) is 0 Å². The van der Waals surface area contributed by atoms with Crippen molar-refractivity contribution in [2.45, 2.75) is 20.6 Å². The molecule has 0 bridgehead atoms. The van der Waals surface area contributed by atoms with E-state index in [1.165, 1.54) is 0 Å². The van der Waals surface area contributed by atoms with Crippen LogP contribution in [-0.4, -0.2) is 13.9 Å². The number of hydrogen-bond acceptors (Lipinski definition) is 1. The molecular formula is C4H11BO. The fraction of sp³-hybridized carbons (Fsp3) is 1.00. The zero-order valence-electron chi connectivity index (χ0n) is 4.69. The van der Waals surface area contributed by atoms with Gasteiger partial charge in [0.2, 0.25) is 0 Å². The molecule has 0 amide bonds. The van der Waals surface area contributed by atoms with E-state index in [4.69, 9.17) is 5.11 Å². The molecule has 0 aliphatic rings. The van der Waals surface area contributed by atoms with Gasteiger partial charge in [0.15, 0.2) is 0 Å². The second kappa shape index (κ2) is 19.9. The zero-order chi connectivity index (χ0) is 5.41. The molecule has 0 spiro atoms. The molecule has 0 aliphatic carbocycles. The normalized spacial score (nSPS) is 4.67. The fourth-order valence-corrected chi connectivity index (χ4v) is 0. The van der Waals surface area contributed by atoms with Gasteiger partial charge in [0.25, 0.3) is 0 Å². The van der Waals surface area contributed by atoms with E-state index in [2.05, 4.69) is 0 Å². The molecule has 36 valence electrons. The first-order valence-corrected chi connectivity index (χ1v) is 2.15. The molecule has 2 heteroatoms. The van der Waals surface area contributed by atoms with Crippen LogP contribution < -0.4 is 5.11 Å². The Hall–Kier alpha value is 0.0249. The minimum atomic E-state index is 0. The van der Waals surface area contributed by atoms with Gasteiger partial charge in [-0.1, -0.05) is 6.92 Å². The molecule has 0 atom stereocenters. The Kier molecular flexibility index (Phi) is 31.1. The van der Waals surface area contributed by atoms with Crippen LogP contribution in [0.25, 0.3) is 0 Å². The topological polar surface area (TPSA) is 23.1 Å². The molecular weight excluding hydrogens is 74.9 g/mol. The van der Waals surface area contributed by atoms with E-state index in [0.29, 0.717) is 0 Å². The van der Waals surface area contributed by atoms with Crippen molar-refractivity contribution in [3.8, 4) is 0 Å². The molecule has 0 aromatic heterocycles. The predicted molar refractivity (Wildman–Crippen MR) is 28.0 cm³/mol. The Morgan fingerprint density at radius 3 is 1.50 bits per heavy atom. The molecule has 0 rings (SSSR count). The predicted octanol–water partition coefficient (Wildman–Crippen LogP) is 0.153. The maximum absolute atomic E-state index is 8.93. The van der Waals surface area contributed by atoms with Gasteiger partial charge in [-0.25, -0.2) is 0 Å².